The second-order valence-electron chi connectivity index (χ2n) is 13.4. The van der Waals surface area contributed by atoms with Gasteiger partial charge in [0.1, 0.15) is 0 Å². The van der Waals surface area contributed by atoms with Gasteiger partial charge in [-0.1, -0.05) is 155 Å². The number of nitrogens with zero attached hydrogens (tertiary/aromatic N) is 1. The van der Waals surface area contributed by atoms with Crippen molar-refractivity contribution >= 4 is 29.2 Å². The van der Waals surface area contributed by atoms with E-state index in [9.17, 15) is 0 Å². The summed E-state index contributed by atoms with van der Waals surface area (Å²) in [5, 5.41) is 0. The lowest BCUT2D eigenvalue weighted by molar-refractivity contribution is 0.656. The third-order valence-corrected chi connectivity index (χ3v) is 10.0. The van der Waals surface area contributed by atoms with Crippen LogP contribution in [-0.4, -0.2) is 0 Å². The molecule has 2 aliphatic carbocycles. The summed E-state index contributed by atoms with van der Waals surface area (Å²) in [5.74, 6) is 0. The molecule has 0 radical (unpaired) electrons. The number of rotatable bonds is 5. The molecule has 2 aliphatic rings. The predicted molar refractivity (Wildman–Crippen MR) is 192 cm³/mol. The zero-order valence-electron chi connectivity index (χ0n) is 26.4. The molecule has 218 valence electrons. The molecule has 0 saturated heterocycles. The first kappa shape index (κ1) is 27.4. The maximum absolute atomic E-state index is 2.53. The van der Waals surface area contributed by atoms with Crippen molar-refractivity contribution in [1.29, 1.82) is 0 Å². The molecule has 1 nitrogen and oxygen atoms in total. The zero-order chi connectivity index (χ0) is 30.8. The van der Waals surface area contributed by atoms with E-state index in [1.165, 1.54) is 67.0 Å². The summed E-state index contributed by atoms with van der Waals surface area (Å²) in [7, 11) is 0. The summed E-state index contributed by atoms with van der Waals surface area (Å²) < 4.78 is 0. The average Bonchev–Trinajstić information content (AvgIpc) is 3.46. The van der Waals surface area contributed by atoms with Gasteiger partial charge in [-0.25, -0.2) is 0 Å². The lowest BCUT2D eigenvalue weighted by Crippen LogP contribution is -2.23. The Kier molecular flexibility index (Phi) is 6.22. The van der Waals surface area contributed by atoms with Crippen LogP contribution in [0.3, 0.4) is 0 Å². The van der Waals surface area contributed by atoms with Crippen LogP contribution in [0.2, 0.25) is 0 Å². The molecule has 0 aromatic heterocycles. The third kappa shape index (κ3) is 4.22. The van der Waals surface area contributed by atoms with Gasteiger partial charge in [0.15, 0.2) is 0 Å². The Bertz CT molecular complexity index is 1990. The molecule has 0 bridgehead atoms. The summed E-state index contributed by atoms with van der Waals surface area (Å²) in [6.45, 7) is 9.52. The Hall–Kier alpha value is -5.14. The first-order valence-corrected chi connectivity index (χ1v) is 16.0. The maximum Gasteiger partial charge on any atom is 0.0508 e. The van der Waals surface area contributed by atoms with E-state index in [4.69, 9.17) is 0 Å². The van der Waals surface area contributed by atoms with Crippen LogP contribution in [0.25, 0.3) is 34.4 Å². The van der Waals surface area contributed by atoms with Crippen LogP contribution in [0.1, 0.15) is 61.1 Å². The number of hydrogen-bond donors (Lipinski definition) is 0. The van der Waals surface area contributed by atoms with Gasteiger partial charge in [-0.2, -0.15) is 0 Å². The van der Waals surface area contributed by atoms with Gasteiger partial charge in [0.25, 0.3) is 0 Å². The molecule has 0 aliphatic heterocycles. The van der Waals surface area contributed by atoms with Crippen molar-refractivity contribution in [3.63, 3.8) is 0 Å². The van der Waals surface area contributed by atoms with E-state index in [1.54, 1.807) is 0 Å². The lowest BCUT2D eigenvalue weighted by atomic mass is 9.80. The molecule has 6 aromatic carbocycles. The number of benzene rings is 6. The predicted octanol–water partition coefficient (Wildman–Crippen LogP) is 11.9. The van der Waals surface area contributed by atoms with Gasteiger partial charge < -0.3 is 4.90 Å². The molecule has 0 saturated carbocycles. The second-order valence-corrected chi connectivity index (χ2v) is 13.4. The van der Waals surface area contributed by atoms with Crippen LogP contribution in [-0.2, 0) is 10.8 Å². The summed E-state index contributed by atoms with van der Waals surface area (Å²) in [4.78, 5) is 2.53. The highest BCUT2D eigenvalue weighted by molar-refractivity contribution is 5.94. The Morgan fingerprint density at radius 3 is 1.33 bits per heavy atom. The van der Waals surface area contributed by atoms with Crippen LogP contribution in [0.4, 0.5) is 17.1 Å². The van der Waals surface area contributed by atoms with E-state index in [0.29, 0.717) is 0 Å². The van der Waals surface area contributed by atoms with Crippen LogP contribution in [0.15, 0.2) is 140 Å². The first-order chi connectivity index (χ1) is 21.9. The van der Waals surface area contributed by atoms with Crippen LogP contribution >= 0.6 is 0 Å². The van der Waals surface area contributed by atoms with E-state index in [0.717, 1.165) is 5.69 Å². The van der Waals surface area contributed by atoms with E-state index in [1.807, 2.05) is 0 Å². The van der Waals surface area contributed by atoms with Gasteiger partial charge in [0.2, 0.25) is 0 Å². The molecular formula is C44H37N. The molecule has 0 atom stereocenters. The van der Waals surface area contributed by atoms with E-state index >= 15 is 0 Å². The highest BCUT2D eigenvalue weighted by Crippen LogP contribution is 2.57. The van der Waals surface area contributed by atoms with Crippen molar-refractivity contribution < 1.29 is 0 Å². The molecule has 8 rings (SSSR count). The molecule has 0 N–H and O–H groups in total. The smallest absolute Gasteiger partial charge is 0.0508 e. The third-order valence-electron chi connectivity index (χ3n) is 10.0. The molecule has 0 fully saturated rings. The Balaban J connectivity index is 1.34. The summed E-state index contributed by atoms with van der Waals surface area (Å²) in [6.07, 6.45) is 4.38. The molecule has 45 heavy (non-hydrogen) atoms. The fraction of sp³-hybridized carbons (Fsp3) is 0.136. The molecule has 6 aromatic rings. The molecule has 0 heterocycles. The van der Waals surface area contributed by atoms with Crippen LogP contribution in [0, 0.1) is 0 Å². The van der Waals surface area contributed by atoms with E-state index in [2.05, 4.69) is 184 Å². The molecule has 0 amide bonds. The standard InChI is InChI=1S/C44H37N/c1-43(2)37-20-10-8-16-33(37)35-18-12-22-39(41(35)43)45(32-28-26-31(27-29-32)25-24-30-14-6-5-7-15-30)40-23-13-19-36-34-17-9-11-21-38(34)44(3,4)42(36)40/h5-29H,1-4H3. The van der Waals surface area contributed by atoms with Crippen LogP contribution < -0.4 is 4.90 Å². The fourth-order valence-electron chi connectivity index (χ4n) is 7.91. The monoisotopic (exact) mass is 579 g/mol. The van der Waals surface area contributed by atoms with E-state index in [-0.39, 0.29) is 10.8 Å². The molecular weight excluding hydrogens is 542 g/mol. The SMILES string of the molecule is CC1(C)c2ccccc2-c2cccc(N(c3ccc(C=Cc4ccccc4)cc3)c3cccc4c3C(C)(C)c3ccccc3-4)c21. The molecule has 0 unspecified atom stereocenters. The van der Waals surface area contributed by atoms with Crippen molar-refractivity contribution in [3.05, 3.63) is 173 Å². The first-order valence-electron chi connectivity index (χ1n) is 16.0. The Morgan fingerprint density at radius 1 is 0.400 bits per heavy atom. The topological polar surface area (TPSA) is 3.24 Å². The van der Waals surface area contributed by atoms with Crippen LogP contribution in [0.5, 0.6) is 0 Å². The van der Waals surface area contributed by atoms with Gasteiger partial charge in [-0.3, -0.25) is 0 Å². The summed E-state index contributed by atoms with van der Waals surface area (Å²) >= 11 is 0. The van der Waals surface area contributed by atoms with Crippen molar-refractivity contribution in [1.82, 2.24) is 0 Å². The van der Waals surface area contributed by atoms with Gasteiger partial charge in [0, 0.05) is 16.5 Å². The zero-order valence-corrected chi connectivity index (χ0v) is 26.4. The minimum atomic E-state index is -0.143. The summed E-state index contributed by atoms with van der Waals surface area (Å²) in [5.41, 5.74) is 16.6. The highest BCUT2D eigenvalue weighted by atomic mass is 15.2. The van der Waals surface area contributed by atoms with Gasteiger partial charge in [-0.05, 0) is 79.9 Å². The average molecular weight is 580 g/mol. The Labute approximate surface area is 267 Å². The van der Waals surface area contributed by atoms with Crippen molar-refractivity contribution in [2.75, 3.05) is 4.90 Å². The largest absolute Gasteiger partial charge is 0.310 e. The van der Waals surface area contributed by atoms with Gasteiger partial charge in [-0.15, -0.1) is 0 Å². The number of anilines is 3. The van der Waals surface area contributed by atoms with Gasteiger partial charge >= 0.3 is 0 Å². The Morgan fingerprint density at radius 2 is 0.822 bits per heavy atom. The lowest BCUT2D eigenvalue weighted by Gasteiger charge is -2.35. The molecule has 0 spiro atoms. The fourth-order valence-corrected chi connectivity index (χ4v) is 7.91. The number of hydrogen-bond acceptors (Lipinski definition) is 1. The second kappa shape index (κ2) is 10.2. The minimum absolute atomic E-state index is 0.143. The maximum atomic E-state index is 2.53. The van der Waals surface area contributed by atoms with Gasteiger partial charge in [0.05, 0.1) is 11.4 Å². The highest BCUT2D eigenvalue weighted by Gasteiger charge is 2.42. The minimum Gasteiger partial charge on any atom is -0.310 e. The normalized spacial score (nSPS) is 14.9. The van der Waals surface area contributed by atoms with Crippen molar-refractivity contribution in [2.24, 2.45) is 0 Å². The quantitative estimate of drug-likeness (QED) is 0.184. The van der Waals surface area contributed by atoms with E-state index < -0.39 is 0 Å². The molecule has 1 heteroatoms. The van der Waals surface area contributed by atoms with Crippen molar-refractivity contribution in [2.45, 2.75) is 38.5 Å². The van der Waals surface area contributed by atoms with Crippen molar-refractivity contribution in [3.8, 4) is 22.3 Å². The number of fused-ring (bicyclic) bond motifs is 6. The summed E-state index contributed by atoms with van der Waals surface area (Å²) in [6, 6.07) is 51.1.